The Morgan fingerprint density at radius 2 is 1.59 bits per heavy atom. The predicted octanol–water partition coefficient (Wildman–Crippen LogP) is 2.03. The first kappa shape index (κ1) is 16.6. The maximum atomic E-state index is 12.7. The summed E-state index contributed by atoms with van der Waals surface area (Å²) in [6.07, 6.45) is 4.67. The van der Waals surface area contributed by atoms with Crippen LogP contribution in [0.15, 0.2) is 79.3 Å². The highest BCUT2D eigenvalue weighted by Crippen LogP contribution is 2.15. The Balaban J connectivity index is 1.54. The number of benzene rings is 2. The third kappa shape index (κ3) is 3.90. The maximum Gasteiger partial charge on any atom is 0.274 e. The van der Waals surface area contributed by atoms with Crippen LogP contribution in [0.25, 0.3) is 5.69 Å². The molecule has 1 amide bonds. The van der Waals surface area contributed by atoms with E-state index in [-0.39, 0.29) is 17.6 Å². The fourth-order valence-electron chi connectivity index (χ4n) is 2.71. The first-order chi connectivity index (χ1) is 13.3. The summed E-state index contributed by atoms with van der Waals surface area (Å²) >= 11 is 0. The van der Waals surface area contributed by atoms with Crippen LogP contribution in [0, 0.1) is 0 Å². The number of hydrogen-bond donors (Lipinski definition) is 1. The lowest BCUT2D eigenvalue weighted by Gasteiger charge is -2.18. The maximum absolute atomic E-state index is 12.7. The van der Waals surface area contributed by atoms with Crippen LogP contribution in [0.1, 0.15) is 22.1 Å². The van der Waals surface area contributed by atoms with Gasteiger partial charge in [0, 0.05) is 0 Å². The first-order valence-corrected chi connectivity index (χ1v) is 8.47. The minimum atomic E-state index is -0.307. The number of hydrogen-bond acceptors (Lipinski definition) is 5. The molecule has 4 aromatic rings. The van der Waals surface area contributed by atoms with Gasteiger partial charge in [-0.2, -0.15) is 24.9 Å². The zero-order valence-corrected chi connectivity index (χ0v) is 14.4. The highest BCUT2D eigenvalue weighted by Gasteiger charge is 2.19. The van der Waals surface area contributed by atoms with Crippen molar-refractivity contribution < 1.29 is 4.79 Å². The number of carbonyl (C=O) groups excluding carboxylic acids is 1. The zero-order chi connectivity index (χ0) is 18.5. The summed E-state index contributed by atoms with van der Waals surface area (Å²) in [5.41, 5.74) is 1.99. The van der Waals surface area contributed by atoms with Crippen LogP contribution in [0.5, 0.6) is 0 Å². The van der Waals surface area contributed by atoms with Gasteiger partial charge in [-0.25, -0.2) is 0 Å². The lowest BCUT2D eigenvalue weighted by atomic mass is 10.1. The molecule has 0 unspecified atom stereocenters. The van der Waals surface area contributed by atoms with Gasteiger partial charge in [-0.15, -0.1) is 5.10 Å². The van der Waals surface area contributed by atoms with Gasteiger partial charge in [0.15, 0.2) is 5.69 Å². The zero-order valence-electron chi connectivity index (χ0n) is 14.4. The van der Waals surface area contributed by atoms with Gasteiger partial charge in [-0.05, 0) is 17.7 Å². The van der Waals surface area contributed by atoms with Crippen molar-refractivity contribution in [1.82, 2.24) is 35.3 Å². The molecule has 4 rings (SSSR count). The molecule has 134 valence electrons. The van der Waals surface area contributed by atoms with Gasteiger partial charge in [-0.3, -0.25) is 4.79 Å². The van der Waals surface area contributed by atoms with Crippen molar-refractivity contribution in [3.05, 3.63) is 90.5 Å². The summed E-state index contributed by atoms with van der Waals surface area (Å²) in [6.45, 7) is 0.412. The van der Waals surface area contributed by atoms with E-state index in [0.717, 1.165) is 11.3 Å². The van der Waals surface area contributed by atoms with Crippen molar-refractivity contribution in [1.29, 1.82) is 0 Å². The standard InChI is InChI=1S/C19H17N7O/c27-19(17-13-22-26(24-17)16-9-5-2-6-10-16)23-18(14-25-20-11-12-21-25)15-7-3-1-4-8-15/h1-13,18H,14H2,(H,23,27)/t18-/m0/s1. The summed E-state index contributed by atoms with van der Waals surface area (Å²) < 4.78 is 0. The van der Waals surface area contributed by atoms with Crippen molar-refractivity contribution in [2.75, 3.05) is 0 Å². The summed E-state index contributed by atoms with van der Waals surface area (Å²) in [7, 11) is 0. The molecule has 0 saturated heterocycles. The normalized spacial score (nSPS) is 11.9. The molecule has 0 radical (unpaired) electrons. The molecule has 8 nitrogen and oxygen atoms in total. The van der Waals surface area contributed by atoms with Crippen molar-refractivity contribution >= 4 is 5.91 Å². The second-order valence-electron chi connectivity index (χ2n) is 5.88. The van der Waals surface area contributed by atoms with Gasteiger partial charge in [0.25, 0.3) is 5.91 Å². The van der Waals surface area contributed by atoms with Crippen molar-refractivity contribution in [3.8, 4) is 5.69 Å². The van der Waals surface area contributed by atoms with Crippen molar-refractivity contribution in [3.63, 3.8) is 0 Å². The number of carbonyl (C=O) groups is 1. The molecule has 0 aliphatic heterocycles. The van der Waals surface area contributed by atoms with Crippen LogP contribution in [0.2, 0.25) is 0 Å². The van der Waals surface area contributed by atoms with Crippen LogP contribution in [0.3, 0.4) is 0 Å². The van der Waals surface area contributed by atoms with E-state index in [1.807, 2.05) is 60.7 Å². The Hall–Kier alpha value is -3.81. The summed E-state index contributed by atoms with van der Waals surface area (Å²) in [4.78, 5) is 15.7. The molecule has 2 aromatic heterocycles. The Kier molecular flexibility index (Phi) is 4.69. The van der Waals surface area contributed by atoms with Gasteiger partial charge in [0.05, 0.1) is 36.9 Å². The van der Waals surface area contributed by atoms with E-state index in [4.69, 9.17) is 0 Å². The van der Waals surface area contributed by atoms with Gasteiger partial charge >= 0.3 is 0 Å². The molecule has 8 heteroatoms. The number of nitrogens with zero attached hydrogens (tertiary/aromatic N) is 6. The summed E-state index contributed by atoms with van der Waals surface area (Å²) in [5, 5.41) is 19.7. The van der Waals surface area contributed by atoms with E-state index in [1.54, 1.807) is 17.2 Å². The van der Waals surface area contributed by atoms with Crippen LogP contribution < -0.4 is 5.32 Å². The third-order valence-electron chi connectivity index (χ3n) is 4.03. The minimum absolute atomic E-state index is 0.244. The lowest BCUT2D eigenvalue weighted by molar-refractivity contribution is 0.0925. The molecule has 0 aliphatic rings. The molecule has 2 heterocycles. The quantitative estimate of drug-likeness (QED) is 0.569. The molecule has 2 aromatic carbocycles. The minimum Gasteiger partial charge on any atom is -0.342 e. The Labute approximate surface area is 155 Å². The smallest absolute Gasteiger partial charge is 0.274 e. The SMILES string of the molecule is O=C(N[C@@H](Cn1nccn1)c1ccccc1)c1cnn(-c2ccccc2)n1. The Bertz CT molecular complexity index is 997. The second kappa shape index (κ2) is 7.61. The average Bonchev–Trinajstić information content (AvgIpc) is 3.41. The highest BCUT2D eigenvalue weighted by atomic mass is 16.2. The number of amides is 1. The van der Waals surface area contributed by atoms with Gasteiger partial charge in [-0.1, -0.05) is 48.5 Å². The monoisotopic (exact) mass is 359 g/mol. The molecule has 1 atom stereocenters. The van der Waals surface area contributed by atoms with E-state index in [9.17, 15) is 4.79 Å². The fraction of sp³-hybridized carbons (Fsp3) is 0.105. The van der Waals surface area contributed by atoms with Gasteiger partial charge in [0.2, 0.25) is 0 Å². The molecule has 0 aliphatic carbocycles. The van der Waals surface area contributed by atoms with Crippen LogP contribution >= 0.6 is 0 Å². The van der Waals surface area contributed by atoms with Crippen LogP contribution in [0.4, 0.5) is 0 Å². The molecule has 0 spiro atoms. The van der Waals surface area contributed by atoms with E-state index in [0.29, 0.717) is 6.54 Å². The lowest BCUT2D eigenvalue weighted by Crippen LogP contribution is -2.32. The fourth-order valence-corrected chi connectivity index (χ4v) is 2.71. The average molecular weight is 359 g/mol. The highest BCUT2D eigenvalue weighted by molar-refractivity contribution is 5.92. The van der Waals surface area contributed by atoms with Crippen molar-refractivity contribution in [2.24, 2.45) is 0 Å². The van der Waals surface area contributed by atoms with Crippen molar-refractivity contribution in [2.45, 2.75) is 12.6 Å². The van der Waals surface area contributed by atoms with Crippen LogP contribution in [-0.4, -0.2) is 35.9 Å². The summed E-state index contributed by atoms with van der Waals surface area (Å²) in [6, 6.07) is 18.8. The van der Waals surface area contributed by atoms with E-state index >= 15 is 0 Å². The molecular weight excluding hydrogens is 342 g/mol. The number of rotatable bonds is 6. The summed E-state index contributed by atoms with van der Waals surface area (Å²) in [5.74, 6) is -0.307. The van der Waals surface area contributed by atoms with E-state index < -0.39 is 0 Å². The molecule has 0 bridgehead atoms. The van der Waals surface area contributed by atoms with Crippen LogP contribution in [-0.2, 0) is 6.54 Å². The molecule has 0 fully saturated rings. The second-order valence-corrected chi connectivity index (χ2v) is 5.88. The molecular formula is C19H17N7O. The van der Waals surface area contributed by atoms with Gasteiger partial charge < -0.3 is 5.32 Å². The Morgan fingerprint density at radius 1 is 0.926 bits per heavy atom. The molecule has 27 heavy (non-hydrogen) atoms. The van der Waals surface area contributed by atoms with Gasteiger partial charge in [0.1, 0.15) is 0 Å². The molecule has 0 saturated carbocycles. The topological polar surface area (TPSA) is 90.5 Å². The first-order valence-electron chi connectivity index (χ1n) is 8.47. The van der Waals surface area contributed by atoms with E-state index in [1.165, 1.54) is 11.0 Å². The Morgan fingerprint density at radius 3 is 2.30 bits per heavy atom. The largest absolute Gasteiger partial charge is 0.342 e. The number of nitrogens with one attached hydrogen (secondary N) is 1. The number of aromatic nitrogens is 6. The predicted molar refractivity (Wildman–Crippen MR) is 98.0 cm³/mol. The third-order valence-corrected chi connectivity index (χ3v) is 4.03. The molecule has 1 N–H and O–H groups in total. The number of para-hydroxylation sites is 1. The van der Waals surface area contributed by atoms with E-state index in [2.05, 4.69) is 25.7 Å².